The minimum Gasteiger partial charge on any atom is -0.358 e. The fourth-order valence-corrected chi connectivity index (χ4v) is 2.32. The molecule has 1 N–H and O–H groups in total. The Kier molecular flexibility index (Phi) is 4.95. The van der Waals surface area contributed by atoms with Crippen molar-refractivity contribution in [3.63, 3.8) is 0 Å². The Hall–Kier alpha value is -1.89. The number of halogens is 1. The van der Waals surface area contributed by atoms with E-state index in [1.54, 1.807) is 0 Å². The van der Waals surface area contributed by atoms with Gasteiger partial charge in [0.1, 0.15) is 19.6 Å². The number of hydrogen-bond acceptors (Lipinski definition) is 3. The molecule has 1 aromatic rings. The number of nitrogens with one attached hydrogen (secondary N) is 1. The Balaban J connectivity index is 1.98. The van der Waals surface area contributed by atoms with Gasteiger partial charge in [0.25, 0.3) is 0 Å². The summed E-state index contributed by atoms with van der Waals surface area (Å²) < 4.78 is 0.962. The zero-order valence-corrected chi connectivity index (χ0v) is 13.2. The van der Waals surface area contributed by atoms with E-state index in [1.165, 1.54) is 16.8 Å². The number of nitrogens with zero attached hydrogens (tertiary/aromatic N) is 2. The SMILES string of the molecule is CNC(=O)CN1CC(=O)N(Cc2ccc(Br)cc2)CC1=O. The van der Waals surface area contributed by atoms with Crippen molar-refractivity contribution in [2.24, 2.45) is 0 Å². The number of hydrogen-bond donors (Lipinski definition) is 1. The highest BCUT2D eigenvalue weighted by Gasteiger charge is 2.30. The van der Waals surface area contributed by atoms with Crippen molar-refractivity contribution < 1.29 is 14.4 Å². The molecule has 1 aliphatic heterocycles. The van der Waals surface area contributed by atoms with Gasteiger partial charge in [0, 0.05) is 18.1 Å². The van der Waals surface area contributed by atoms with Crippen LogP contribution in [0.1, 0.15) is 5.56 Å². The summed E-state index contributed by atoms with van der Waals surface area (Å²) in [4.78, 5) is 38.2. The van der Waals surface area contributed by atoms with E-state index in [9.17, 15) is 14.4 Å². The fourth-order valence-electron chi connectivity index (χ4n) is 2.05. The average Bonchev–Trinajstić information content (AvgIpc) is 2.46. The fraction of sp³-hybridized carbons (Fsp3) is 0.357. The normalized spacial score (nSPS) is 15.3. The molecular formula is C14H16BrN3O3. The van der Waals surface area contributed by atoms with E-state index in [0.717, 1.165) is 10.0 Å². The summed E-state index contributed by atoms with van der Waals surface area (Å²) in [6.07, 6.45) is 0. The van der Waals surface area contributed by atoms with Gasteiger partial charge in [-0.05, 0) is 17.7 Å². The smallest absolute Gasteiger partial charge is 0.243 e. The molecule has 3 amide bonds. The topological polar surface area (TPSA) is 69.7 Å². The van der Waals surface area contributed by atoms with Gasteiger partial charge in [0.2, 0.25) is 17.7 Å². The van der Waals surface area contributed by atoms with E-state index in [2.05, 4.69) is 21.2 Å². The Labute approximate surface area is 131 Å². The molecule has 0 saturated carbocycles. The number of amides is 3. The summed E-state index contributed by atoms with van der Waals surface area (Å²) in [5, 5.41) is 2.44. The summed E-state index contributed by atoms with van der Waals surface area (Å²) >= 11 is 3.35. The molecule has 112 valence electrons. The quantitative estimate of drug-likeness (QED) is 0.849. The zero-order chi connectivity index (χ0) is 15.4. The van der Waals surface area contributed by atoms with E-state index in [-0.39, 0.29) is 37.4 Å². The summed E-state index contributed by atoms with van der Waals surface area (Å²) in [7, 11) is 1.50. The van der Waals surface area contributed by atoms with Gasteiger partial charge in [-0.15, -0.1) is 0 Å². The Morgan fingerprint density at radius 3 is 2.33 bits per heavy atom. The molecule has 1 saturated heterocycles. The molecule has 0 spiro atoms. The van der Waals surface area contributed by atoms with Crippen molar-refractivity contribution in [2.75, 3.05) is 26.7 Å². The number of benzene rings is 1. The lowest BCUT2D eigenvalue weighted by molar-refractivity contribution is -0.151. The van der Waals surface area contributed by atoms with Gasteiger partial charge in [0.05, 0.1) is 0 Å². The number of carbonyl (C=O) groups excluding carboxylic acids is 3. The average molecular weight is 354 g/mol. The second-order valence-electron chi connectivity index (χ2n) is 4.80. The highest BCUT2D eigenvalue weighted by molar-refractivity contribution is 9.10. The molecule has 2 rings (SSSR count). The van der Waals surface area contributed by atoms with Crippen LogP contribution in [0, 0.1) is 0 Å². The molecule has 0 atom stereocenters. The van der Waals surface area contributed by atoms with E-state index >= 15 is 0 Å². The zero-order valence-electron chi connectivity index (χ0n) is 11.6. The molecule has 21 heavy (non-hydrogen) atoms. The van der Waals surface area contributed by atoms with Crippen LogP contribution in [0.4, 0.5) is 0 Å². The third-order valence-electron chi connectivity index (χ3n) is 3.26. The van der Waals surface area contributed by atoms with Gasteiger partial charge in [-0.25, -0.2) is 0 Å². The Morgan fingerprint density at radius 1 is 1.14 bits per heavy atom. The molecule has 6 nitrogen and oxygen atoms in total. The lowest BCUT2D eigenvalue weighted by Crippen LogP contribution is -2.55. The van der Waals surface area contributed by atoms with Gasteiger partial charge >= 0.3 is 0 Å². The van der Waals surface area contributed by atoms with E-state index in [1.807, 2.05) is 24.3 Å². The molecule has 0 unspecified atom stereocenters. The van der Waals surface area contributed by atoms with E-state index < -0.39 is 0 Å². The van der Waals surface area contributed by atoms with Crippen molar-refractivity contribution in [3.05, 3.63) is 34.3 Å². The number of carbonyl (C=O) groups is 3. The largest absolute Gasteiger partial charge is 0.358 e. The third kappa shape index (κ3) is 4.04. The van der Waals surface area contributed by atoms with Crippen LogP contribution in [0.3, 0.4) is 0 Å². The van der Waals surface area contributed by atoms with Crippen molar-refractivity contribution >= 4 is 33.7 Å². The maximum absolute atomic E-state index is 12.1. The van der Waals surface area contributed by atoms with Crippen molar-refractivity contribution in [1.29, 1.82) is 0 Å². The maximum atomic E-state index is 12.1. The lowest BCUT2D eigenvalue weighted by Gasteiger charge is -2.33. The van der Waals surface area contributed by atoms with Crippen molar-refractivity contribution in [3.8, 4) is 0 Å². The minimum absolute atomic E-state index is 0.00584. The monoisotopic (exact) mass is 353 g/mol. The first-order valence-electron chi connectivity index (χ1n) is 6.50. The summed E-state index contributed by atoms with van der Waals surface area (Å²) in [6.45, 7) is 0.271. The maximum Gasteiger partial charge on any atom is 0.243 e. The summed E-state index contributed by atoms with van der Waals surface area (Å²) in [6, 6.07) is 7.59. The van der Waals surface area contributed by atoms with Crippen LogP contribution in [0.15, 0.2) is 28.7 Å². The predicted octanol–water partition coefficient (Wildman–Crippen LogP) is 0.366. The van der Waals surface area contributed by atoms with E-state index in [0.29, 0.717) is 6.54 Å². The lowest BCUT2D eigenvalue weighted by atomic mass is 10.2. The molecule has 1 aliphatic rings. The highest BCUT2D eigenvalue weighted by atomic mass is 79.9. The van der Waals surface area contributed by atoms with Crippen LogP contribution in [0.25, 0.3) is 0 Å². The van der Waals surface area contributed by atoms with Crippen LogP contribution in [-0.2, 0) is 20.9 Å². The van der Waals surface area contributed by atoms with Crippen molar-refractivity contribution in [2.45, 2.75) is 6.54 Å². The Morgan fingerprint density at radius 2 is 1.71 bits per heavy atom. The molecule has 1 fully saturated rings. The summed E-state index contributed by atoms with van der Waals surface area (Å²) in [5.41, 5.74) is 0.958. The van der Waals surface area contributed by atoms with Gasteiger partial charge in [0.15, 0.2) is 0 Å². The molecule has 0 bridgehead atoms. The Bertz CT molecular complexity index is 559. The van der Waals surface area contributed by atoms with Crippen LogP contribution in [-0.4, -0.2) is 54.2 Å². The minimum atomic E-state index is -0.280. The second kappa shape index (κ2) is 6.71. The first kappa shape index (κ1) is 15.5. The molecule has 7 heteroatoms. The van der Waals surface area contributed by atoms with Crippen LogP contribution in [0.2, 0.25) is 0 Å². The molecule has 1 heterocycles. The van der Waals surface area contributed by atoms with Gasteiger partial charge in [-0.1, -0.05) is 28.1 Å². The van der Waals surface area contributed by atoms with Crippen LogP contribution in [0.5, 0.6) is 0 Å². The van der Waals surface area contributed by atoms with Gasteiger partial charge in [-0.2, -0.15) is 0 Å². The first-order valence-corrected chi connectivity index (χ1v) is 7.29. The van der Waals surface area contributed by atoms with Gasteiger partial charge in [-0.3, -0.25) is 14.4 Å². The van der Waals surface area contributed by atoms with Gasteiger partial charge < -0.3 is 15.1 Å². The van der Waals surface area contributed by atoms with Crippen molar-refractivity contribution in [1.82, 2.24) is 15.1 Å². The van der Waals surface area contributed by atoms with Crippen LogP contribution < -0.4 is 5.32 Å². The highest BCUT2D eigenvalue weighted by Crippen LogP contribution is 2.14. The number of piperazine rings is 1. The first-order chi connectivity index (χ1) is 9.99. The molecule has 0 aliphatic carbocycles. The molecular weight excluding hydrogens is 338 g/mol. The number of likely N-dealkylation sites (N-methyl/N-ethyl adjacent to an activating group) is 1. The molecule has 0 radical (unpaired) electrons. The second-order valence-corrected chi connectivity index (χ2v) is 5.71. The summed E-state index contributed by atoms with van der Waals surface area (Å²) in [5.74, 6) is -0.644. The third-order valence-corrected chi connectivity index (χ3v) is 3.79. The standard InChI is InChI=1S/C14H16BrN3O3/c1-16-12(19)7-18-9-13(20)17(8-14(18)21)6-10-2-4-11(15)5-3-10/h2-5H,6-9H2,1H3,(H,16,19). The molecule has 1 aromatic carbocycles. The predicted molar refractivity (Wildman–Crippen MR) is 80.2 cm³/mol. The van der Waals surface area contributed by atoms with Crippen LogP contribution >= 0.6 is 15.9 Å². The number of rotatable bonds is 4. The molecule has 0 aromatic heterocycles. The van der Waals surface area contributed by atoms with E-state index in [4.69, 9.17) is 0 Å².